The van der Waals surface area contributed by atoms with Gasteiger partial charge in [-0.2, -0.15) is 0 Å². The average Bonchev–Trinajstić information content (AvgIpc) is 2.70. The van der Waals surface area contributed by atoms with E-state index < -0.39 is 0 Å². The van der Waals surface area contributed by atoms with Gasteiger partial charge in [0.2, 0.25) is 5.91 Å². The Bertz CT molecular complexity index is 905. The molecule has 3 N–H and O–H groups in total. The van der Waals surface area contributed by atoms with Crippen molar-refractivity contribution in [3.63, 3.8) is 0 Å². The molecule has 2 rings (SSSR count). The second-order valence-electron chi connectivity index (χ2n) is 8.30. The Balaban J connectivity index is 1.81. The number of anilines is 2. The summed E-state index contributed by atoms with van der Waals surface area (Å²) in [6.45, 7) is 8.31. The SMILES string of the molecule is CCCCC(=O)Nc1cccc(NC(=S)NC(=O)COc2ccc(C(C)(C)C)cc2)c1. The molecular weight excluding hydrogens is 410 g/mol. The van der Waals surface area contributed by atoms with Crippen LogP contribution in [0.4, 0.5) is 11.4 Å². The third kappa shape index (κ3) is 8.76. The zero-order chi connectivity index (χ0) is 22.9. The predicted octanol–water partition coefficient (Wildman–Crippen LogP) is 5.00. The Morgan fingerprint density at radius 3 is 2.23 bits per heavy atom. The van der Waals surface area contributed by atoms with E-state index in [1.807, 2.05) is 31.2 Å². The first kappa shape index (κ1) is 24.3. The van der Waals surface area contributed by atoms with Crippen molar-refractivity contribution in [2.75, 3.05) is 17.2 Å². The van der Waals surface area contributed by atoms with E-state index in [9.17, 15) is 9.59 Å². The molecule has 0 saturated heterocycles. The molecule has 0 radical (unpaired) electrons. The molecular formula is C24H31N3O3S. The summed E-state index contributed by atoms with van der Waals surface area (Å²) in [6.07, 6.45) is 2.30. The highest BCUT2D eigenvalue weighted by Crippen LogP contribution is 2.24. The third-order valence-corrected chi connectivity index (χ3v) is 4.71. The highest BCUT2D eigenvalue weighted by atomic mass is 32.1. The van der Waals surface area contributed by atoms with Gasteiger partial charge in [-0.15, -0.1) is 0 Å². The fourth-order valence-electron chi connectivity index (χ4n) is 2.76. The number of thiocarbonyl (C=S) groups is 1. The second kappa shape index (κ2) is 11.5. The zero-order valence-electron chi connectivity index (χ0n) is 18.6. The third-order valence-electron chi connectivity index (χ3n) is 4.50. The van der Waals surface area contributed by atoms with Crippen LogP contribution in [0.15, 0.2) is 48.5 Å². The number of hydrogen-bond acceptors (Lipinski definition) is 4. The molecule has 0 aliphatic carbocycles. The summed E-state index contributed by atoms with van der Waals surface area (Å²) in [5.41, 5.74) is 2.58. The number of ether oxygens (including phenoxy) is 1. The summed E-state index contributed by atoms with van der Waals surface area (Å²) in [5, 5.41) is 8.55. The Labute approximate surface area is 189 Å². The van der Waals surface area contributed by atoms with E-state index in [-0.39, 0.29) is 28.9 Å². The molecule has 0 saturated carbocycles. The summed E-state index contributed by atoms with van der Waals surface area (Å²) < 4.78 is 5.53. The van der Waals surface area contributed by atoms with E-state index in [2.05, 4.69) is 36.7 Å². The van der Waals surface area contributed by atoms with Crippen LogP contribution in [0.3, 0.4) is 0 Å². The monoisotopic (exact) mass is 441 g/mol. The molecule has 7 heteroatoms. The van der Waals surface area contributed by atoms with Crippen LogP contribution in [0.5, 0.6) is 5.75 Å². The van der Waals surface area contributed by atoms with Crippen molar-refractivity contribution in [2.45, 2.75) is 52.4 Å². The maximum atomic E-state index is 12.1. The molecule has 2 amide bonds. The molecule has 2 aromatic carbocycles. The van der Waals surface area contributed by atoms with E-state index in [1.54, 1.807) is 24.3 Å². The van der Waals surface area contributed by atoms with Crippen molar-refractivity contribution < 1.29 is 14.3 Å². The topological polar surface area (TPSA) is 79.5 Å². The lowest BCUT2D eigenvalue weighted by atomic mass is 9.87. The minimum atomic E-state index is -0.360. The van der Waals surface area contributed by atoms with Gasteiger partial charge < -0.3 is 15.4 Å². The van der Waals surface area contributed by atoms with Crippen molar-refractivity contribution in [3.05, 3.63) is 54.1 Å². The number of hydrogen-bond donors (Lipinski definition) is 3. The summed E-state index contributed by atoms with van der Waals surface area (Å²) >= 11 is 5.20. The molecule has 0 fully saturated rings. The Hall–Kier alpha value is -2.93. The van der Waals surface area contributed by atoms with E-state index in [1.165, 1.54) is 5.56 Å². The van der Waals surface area contributed by atoms with Crippen molar-refractivity contribution in [3.8, 4) is 5.75 Å². The Morgan fingerprint density at radius 2 is 1.61 bits per heavy atom. The van der Waals surface area contributed by atoms with Crippen LogP contribution in [-0.2, 0) is 15.0 Å². The average molecular weight is 442 g/mol. The van der Waals surface area contributed by atoms with Gasteiger partial charge in [0.25, 0.3) is 5.91 Å². The van der Waals surface area contributed by atoms with Crippen molar-refractivity contribution in [2.24, 2.45) is 0 Å². The van der Waals surface area contributed by atoms with Crippen molar-refractivity contribution in [1.29, 1.82) is 0 Å². The molecule has 0 aromatic heterocycles. The van der Waals surface area contributed by atoms with Gasteiger partial charge in [0.1, 0.15) is 5.75 Å². The minimum absolute atomic E-state index is 0.0254. The number of benzene rings is 2. The van der Waals surface area contributed by atoms with Gasteiger partial charge in [0.05, 0.1) is 0 Å². The summed E-state index contributed by atoms with van der Waals surface area (Å²) in [7, 11) is 0. The lowest BCUT2D eigenvalue weighted by molar-refractivity contribution is -0.121. The number of unbranched alkanes of at least 4 members (excludes halogenated alkanes) is 1. The van der Waals surface area contributed by atoms with Gasteiger partial charge in [-0.25, -0.2) is 0 Å². The first-order valence-electron chi connectivity index (χ1n) is 10.4. The van der Waals surface area contributed by atoms with Gasteiger partial charge in [0.15, 0.2) is 11.7 Å². The molecule has 0 heterocycles. The van der Waals surface area contributed by atoms with E-state index in [0.717, 1.165) is 12.8 Å². The van der Waals surface area contributed by atoms with Crippen LogP contribution in [0.25, 0.3) is 0 Å². The normalized spacial score (nSPS) is 10.8. The molecule has 31 heavy (non-hydrogen) atoms. The molecule has 0 unspecified atom stereocenters. The molecule has 0 aliphatic heterocycles. The van der Waals surface area contributed by atoms with E-state index in [4.69, 9.17) is 17.0 Å². The maximum Gasteiger partial charge on any atom is 0.264 e. The molecule has 0 bridgehead atoms. The largest absolute Gasteiger partial charge is 0.484 e. The Kier molecular flexibility index (Phi) is 9.00. The first-order valence-corrected chi connectivity index (χ1v) is 10.8. The van der Waals surface area contributed by atoms with Crippen LogP contribution in [0, 0.1) is 0 Å². The van der Waals surface area contributed by atoms with Gasteiger partial charge in [-0.05, 0) is 59.9 Å². The highest BCUT2D eigenvalue weighted by Gasteiger charge is 2.13. The lowest BCUT2D eigenvalue weighted by Crippen LogP contribution is -2.37. The molecule has 2 aromatic rings. The number of rotatable bonds is 8. The van der Waals surface area contributed by atoms with Gasteiger partial charge in [0, 0.05) is 17.8 Å². The summed E-state index contributed by atoms with van der Waals surface area (Å²) in [5.74, 6) is 0.234. The van der Waals surface area contributed by atoms with Crippen LogP contribution in [0.1, 0.15) is 52.5 Å². The second-order valence-corrected chi connectivity index (χ2v) is 8.71. The predicted molar refractivity (Wildman–Crippen MR) is 130 cm³/mol. The molecule has 0 aliphatic rings. The number of amides is 2. The summed E-state index contributed by atoms with van der Waals surface area (Å²) in [4.78, 5) is 24.0. The van der Waals surface area contributed by atoms with Gasteiger partial charge in [-0.3, -0.25) is 14.9 Å². The van der Waals surface area contributed by atoms with Crippen LogP contribution in [0.2, 0.25) is 0 Å². The molecule has 6 nitrogen and oxygen atoms in total. The lowest BCUT2D eigenvalue weighted by Gasteiger charge is -2.19. The Morgan fingerprint density at radius 1 is 0.968 bits per heavy atom. The smallest absolute Gasteiger partial charge is 0.264 e. The fraction of sp³-hybridized carbons (Fsp3) is 0.375. The quantitative estimate of drug-likeness (QED) is 0.502. The van der Waals surface area contributed by atoms with Gasteiger partial charge >= 0.3 is 0 Å². The number of nitrogens with one attached hydrogen (secondary N) is 3. The first-order chi connectivity index (χ1) is 14.7. The maximum absolute atomic E-state index is 12.1. The van der Waals surface area contributed by atoms with Crippen LogP contribution in [-0.4, -0.2) is 23.5 Å². The van der Waals surface area contributed by atoms with E-state index >= 15 is 0 Å². The molecule has 0 spiro atoms. The molecule has 0 atom stereocenters. The summed E-state index contributed by atoms with van der Waals surface area (Å²) in [6, 6.07) is 14.8. The fourth-order valence-corrected chi connectivity index (χ4v) is 2.99. The minimum Gasteiger partial charge on any atom is -0.484 e. The van der Waals surface area contributed by atoms with Crippen LogP contribution < -0.4 is 20.7 Å². The van der Waals surface area contributed by atoms with Crippen LogP contribution >= 0.6 is 12.2 Å². The van der Waals surface area contributed by atoms with Gasteiger partial charge in [-0.1, -0.05) is 52.3 Å². The standard InChI is InChI=1S/C24H31N3O3S/c1-5-6-10-21(28)25-18-8-7-9-19(15-18)26-23(31)27-22(29)16-30-20-13-11-17(12-14-20)24(2,3)4/h7-9,11-15H,5-6,10,16H2,1-4H3,(H,25,28)(H2,26,27,29,31). The molecule has 166 valence electrons. The van der Waals surface area contributed by atoms with Crippen molar-refractivity contribution >= 4 is 40.5 Å². The number of carbonyl (C=O) groups is 2. The van der Waals surface area contributed by atoms with Crippen molar-refractivity contribution in [1.82, 2.24) is 5.32 Å². The number of carbonyl (C=O) groups excluding carboxylic acids is 2. The highest BCUT2D eigenvalue weighted by molar-refractivity contribution is 7.80. The van der Waals surface area contributed by atoms with E-state index in [0.29, 0.717) is 23.5 Å². The zero-order valence-corrected chi connectivity index (χ0v) is 19.4.